The van der Waals surface area contributed by atoms with Gasteiger partial charge in [0.25, 0.3) is 11.8 Å². The number of Topliss-reactive ketones (excluding diaryl/α,β-unsaturated/α-hetero) is 1. The van der Waals surface area contributed by atoms with E-state index in [2.05, 4.69) is 0 Å². The lowest BCUT2D eigenvalue weighted by atomic mass is 10.0. The Labute approximate surface area is 150 Å². The van der Waals surface area contributed by atoms with Crippen LogP contribution in [0.3, 0.4) is 0 Å². The molecule has 2 aromatic rings. The van der Waals surface area contributed by atoms with E-state index in [-0.39, 0.29) is 23.3 Å². The second kappa shape index (κ2) is 7.31. The van der Waals surface area contributed by atoms with Crippen molar-refractivity contribution in [1.82, 2.24) is 4.90 Å². The average molecular weight is 351 g/mol. The SMILES string of the molecule is CC(=O)COC(=O)[C@@H](Cc1ccccc1)N1C(=O)c2ccccc2C1=O. The number of carbonyl (C=O) groups excluding carboxylic acids is 4. The van der Waals surface area contributed by atoms with Crippen molar-refractivity contribution in [3.8, 4) is 0 Å². The molecule has 1 atom stereocenters. The maximum atomic E-state index is 12.7. The molecule has 6 nitrogen and oxygen atoms in total. The van der Waals surface area contributed by atoms with E-state index in [1.807, 2.05) is 6.07 Å². The predicted molar refractivity (Wildman–Crippen MR) is 92.5 cm³/mol. The maximum absolute atomic E-state index is 12.7. The number of imide groups is 1. The van der Waals surface area contributed by atoms with Crippen molar-refractivity contribution in [3.63, 3.8) is 0 Å². The van der Waals surface area contributed by atoms with E-state index in [1.165, 1.54) is 6.92 Å². The molecule has 6 heteroatoms. The standard InChI is InChI=1S/C20H17NO5/c1-13(22)12-26-20(25)17(11-14-7-3-2-4-8-14)21-18(23)15-9-5-6-10-16(15)19(21)24/h2-10,17H,11-12H2,1H3/t17-/m1/s1. The van der Waals surface area contributed by atoms with E-state index in [0.717, 1.165) is 10.5 Å². The summed E-state index contributed by atoms with van der Waals surface area (Å²) in [6.45, 7) is 0.898. The number of hydrogen-bond donors (Lipinski definition) is 0. The molecule has 132 valence electrons. The van der Waals surface area contributed by atoms with E-state index in [0.29, 0.717) is 0 Å². The molecule has 3 rings (SSSR count). The second-order valence-corrected chi connectivity index (χ2v) is 6.04. The molecule has 0 aromatic heterocycles. The summed E-state index contributed by atoms with van der Waals surface area (Å²) in [6.07, 6.45) is 0.114. The van der Waals surface area contributed by atoms with Crippen molar-refractivity contribution in [2.75, 3.05) is 6.61 Å². The van der Waals surface area contributed by atoms with Gasteiger partial charge in [0, 0.05) is 6.42 Å². The zero-order valence-corrected chi connectivity index (χ0v) is 14.2. The van der Waals surface area contributed by atoms with Crippen LogP contribution in [0.4, 0.5) is 0 Å². The number of benzene rings is 2. The first kappa shape index (κ1) is 17.5. The highest BCUT2D eigenvalue weighted by atomic mass is 16.5. The van der Waals surface area contributed by atoms with Gasteiger partial charge in [-0.05, 0) is 24.6 Å². The van der Waals surface area contributed by atoms with E-state index in [4.69, 9.17) is 4.74 Å². The van der Waals surface area contributed by atoms with Crippen molar-refractivity contribution >= 4 is 23.6 Å². The van der Waals surface area contributed by atoms with Gasteiger partial charge >= 0.3 is 5.97 Å². The summed E-state index contributed by atoms with van der Waals surface area (Å²) in [6, 6.07) is 14.3. The highest BCUT2D eigenvalue weighted by Crippen LogP contribution is 2.26. The largest absolute Gasteiger partial charge is 0.456 e. The molecule has 2 amide bonds. The second-order valence-electron chi connectivity index (χ2n) is 6.04. The van der Waals surface area contributed by atoms with Gasteiger partial charge < -0.3 is 4.74 Å². The van der Waals surface area contributed by atoms with Gasteiger partial charge in [-0.15, -0.1) is 0 Å². The molecular formula is C20H17NO5. The number of esters is 1. The zero-order valence-electron chi connectivity index (χ0n) is 14.2. The molecule has 0 fully saturated rings. The minimum Gasteiger partial charge on any atom is -0.456 e. The number of fused-ring (bicyclic) bond motifs is 1. The molecule has 0 saturated heterocycles. The van der Waals surface area contributed by atoms with Crippen LogP contribution >= 0.6 is 0 Å². The summed E-state index contributed by atoms with van der Waals surface area (Å²) in [4.78, 5) is 50.0. The van der Waals surface area contributed by atoms with Crippen molar-refractivity contribution in [1.29, 1.82) is 0 Å². The Balaban J connectivity index is 1.93. The Morgan fingerprint density at radius 3 is 2.00 bits per heavy atom. The van der Waals surface area contributed by atoms with Gasteiger partial charge in [-0.1, -0.05) is 42.5 Å². The molecular weight excluding hydrogens is 334 g/mol. The summed E-state index contributed by atoms with van der Waals surface area (Å²) >= 11 is 0. The first-order chi connectivity index (χ1) is 12.5. The van der Waals surface area contributed by atoms with Gasteiger partial charge in [0.2, 0.25) is 0 Å². The van der Waals surface area contributed by atoms with Crippen molar-refractivity contribution in [2.24, 2.45) is 0 Å². The molecule has 0 bridgehead atoms. The van der Waals surface area contributed by atoms with Crippen LogP contribution in [-0.4, -0.2) is 41.1 Å². The zero-order chi connectivity index (χ0) is 18.7. The molecule has 1 heterocycles. The number of nitrogens with zero attached hydrogens (tertiary/aromatic N) is 1. The van der Waals surface area contributed by atoms with Gasteiger partial charge in [-0.2, -0.15) is 0 Å². The molecule has 1 aliphatic heterocycles. The van der Waals surface area contributed by atoms with E-state index in [9.17, 15) is 19.2 Å². The first-order valence-electron chi connectivity index (χ1n) is 8.16. The van der Waals surface area contributed by atoms with Gasteiger partial charge in [0.15, 0.2) is 5.78 Å². The number of rotatable bonds is 6. The fourth-order valence-corrected chi connectivity index (χ4v) is 2.88. The van der Waals surface area contributed by atoms with E-state index in [1.54, 1.807) is 48.5 Å². The lowest BCUT2D eigenvalue weighted by Gasteiger charge is -2.24. The van der Waals surface area contributed by atoms with E-state index < -0.39 is 30.4 Å². The fraction of sp³-hybridized carbons (Fsp3) is 0.200. The summed E-state index contributed by atoms with van der Waals surface area (Å²) < 4.78 is 5.01. The Kier molecular flexibility index (Phi) is 4.93. The minimum absolute atomic E-state index is 0.114. The van der Waals surface area contributed by atoms with Crippen molar-refractivity contribution in [3.05, 3.63) is 71.3 Å². The third kappa shape index (κ3) is 3.39. The lowest BCUT2D eigenvalue weighted by molar-refractivity contribution is -0.151. The molecule has 0 unspecified atom stereocenters. The number of ketones is 1. The van der Waals surface area contributed by atoms with Gasteiger partial charge in [-0.3, -0.25) is 19.3 Å². The van der Waals surface area contributed by atoms with Crippen LogP contribution < -0.4 is 0 Å². The van der Waals surface area contributed by atoms with Crippen molar-refractivity contribution in [2.45, 2.75) is 19.4 Å². The van der Waals surface area contributed by atoms with Crippen LogP contribution in [-0.2, 0) is 20.7 Å². The number of hydrogen-bond acceptors (Lipinski definition) is 5. The summed E-state index contributed by atoms with van der Waals surface area (Å²) in [5.74, 6) is -2.17. The number of carbonyl (C=O) groups is 4. The average Bonchev–Trinajstić information content (AvgIpc) is 2.90. The smallest absolute Gasteiger partial charge is 0.330 e. The fourth-order valence-electron chi connectivity index (χ4n) is 2.88. The van der Waals surface area contributed by atoms with Gasteiger partial charge in [0.05, 0.1) is 11.1 Å². The van der Waals surface area contributed by atoms with Gasteiger partial charge in [0.1, 0.15) is 12.6 Å². The summed E-state index contributed by atoms with van der Waals surface area (Å²) in [7, 11) is 0. The quantitative estimate of drug-likeness (QED) is 0.588. The Hall–Kier alpha value is -3.28. The third-order valence-corrected chi connectivity index (χ3v) is 4.10. The van der Waals surface area contributed by atoms with Crippen LogP contribution in [0.15, 0.2) is 54.6 Å². The van der Waals surface area contributed by atoms with Gasteiger partial charge in [-0.25, -0.2) is 4.79 Å². The predicted octanol–water partition coefficient (Wildman–Crippen LogP) is 2.03. The maximum Gasteiger partial charge on any atom is 0.330 e. The summed E-state index contributed by atoms with van der Waals surface area (Å²) in [5.41, 5.74) is 1.29. The molecule has 2 aromatic carbocycles. The van der Waals surface area contributed by atoms with Crippen LogP contribution in [0.25, 0.3) is 0 Å². The Morgan fingerprint density at radius 1 is 0.923 bits per heavy atom. The minimum atomic E-state index is -1.14. The highest BCUT2D eigenvalue weighted by Gasteiger charge is 2.43. The first-order valence-corrected chi connectivity index (χ1v) is 8.16. The molecule has 0 N–H and O–H groups in total. The van der Waals surface area contributed by atoms with E-state index >= 15 is 0 Å². The normalized spacial score (nSPS) is 14.1. The monoisotopic (exact) mass is 351 g/mol. The molecule has 0 aliphatic carbocycles. The molecule has 0 radical (unpaired) electrons. The molecule has 26 heavy (non-hydrogen) atoms. The Bertz CT molecular complexity index is 840. The van der Waals surface area contributed by atoms with Crippen molar-refractivity contribution < 1.29 is 23.9 Å². The topological polar surface area (TPSA) is 80.8 Å². The molecule has 0 saturated carbocycles. The van der Waals surface area contributed by atoms with Crippen LogP contribution in [0.5, 0.6) is 0 Å². The Morgan fingerprint density at radius 2 is 1.46 bits per heavy atom. The third-order valence-electron chi connectivity index (χ3n) is 4.10. The van der Waals surface area contributed by atoms with Crippen LogP contribution in [0.1, 0.15) is 33.2 Å². The van der Waals surface area contributed by atoms with Crippen LogP contribution in [0, 0.1) is 0 Å². The lowest BCUT2D eigenvalue weighted by Crippen LogP contribution is -2.47. The van der Waals surface area contributed by atoms with Crippen LogP contribution in [0.2, 0.25) is 0 Å². The molecule has 1 aliphatic rings. The highest BCUT2D eigenvalue weighted by molar-refractivity contribution is 6.22. The number of ether oxygens (including phenoxy) is 1. The molecule has 0 spiro atoms. The number of amides is 2. The summed E-state index contributed by atoms with van der Waals surface area (Å²) in [5, 5.41) is 0.